The Morgan fingerprint density at radius 3 is 1.27 bits per heavy atom. The molecule has 0 aliphatic heterocycles. The molecule has 2 unspecified atom stereocenters. The third-order valence-electron chi connectivity index (χ3n) is 16.6. The Kier molecular flexibility index (Phi) is 32.5. The van der Waals surface area contributed by atoms with Crippen LogP contribution in [0.3, 0.4) is 0 Å². The van der Waals surface area contributed by atoms with Crippen LogP contribution in [0.25, 0.3) is 22.3 Å². The number of nitrogens with two attached hydrogens (primary N) is 1. The molecular formula is C75H102ClF4N5O9. The topological polar surface area (TPSA) is 183 Å². The number of aryl methyl sites for hydroxylation is 8. The van der Waals surface area contributed by atoms with Crippen LogP contribution in [0.15, 0.2) is 82.6 Å². The molecule has 2 aromatic heterocycles. The van der Waals surface area contributed by atoms with Gasteiger partial charge in [0.1, 0.15) is 29.3 Å². The van der Waals surface area contributed by atoms with Crippen molar-refractivity contribution < 1.29 is 51.3 Å². The van der Waals surface area contributed by atoms with E-state index in [0.717, 1.165) is 82.4 Å². The number of pyridine rings is 2. The third-order valence-corrected chi connectivity index (χ3v) is 16.6. The first-order valence-electron chi connectivity index (χ1n) is 32.3. The second-order valence-electron chi connectivity index (χ2n) is 26.1. The number of Topliss-reactive ketones (excluding diaryl/α,β-unsaturated/α-hetero) is 1. The van der Waals surface area contributed by atoms with Crippen molar-refractivity contribution in [1.82, 2.24) is 18.9 Å². The number of ketones is 1. The molecule has 3 N–H and O–H groups in total. The summed E-state index contributed by atoms with van der Waals surface area (Å²) in [6, 6.07) is 13.3. The number of benzene rings is 4. The average Bonchev–Trinajstić information content (AvgIpc) is 0.810. The van der Waals surface area contributed by atoms with Gasteiger partial charge in [-0.25, -0.2) is 22.4 Å². The number of ether oxygens (including phenoxy) is 2. The molecule has 0 bridgehead atoms. The number of esters is 2. The van der Waals surface area contributed by atoms with Gasteiger partial charge in [0, 0.05) is 61.6 Å². The lowest BCUT2D eigenvalue weighted by Crippen LogP contribution is -2.32. The highest BCUT2D eigenvalue weighted by atomic mass is 35.5. The lowest BCUT2D eigenvalue weighted by Gasteiger charge is -2.25. The van der Waals surface area contributed by atoms with Crippen LogP contribution in [0.4, 0.5) is 17.6 Å². The second kappa shape index (κ2) is 37.7. The molecule has 6 rings (SSSR count). The highest BCUT2D eigenvalue weighted by Crippen LogP contribution is 2.38. The van der Waals surface area contributed by atoms with Gasteiger partial charge in [-0.15, -0.1) is 12.4 Å². The predicted molar refractivity (Wildman–Crippen MR) is 370 cm³/mol. The van der Waals surface area contributed by atoms with Crippen molar-refractivity contribution in [3.8, 4) is 22.3 Å². The van der Waals surface area contributed by atoms with E-state index < -0.39 is 53.6 Å². The molecule has 0 aliphatic carbocycles. The van der Waals surface area contributed by atoms with Crippen LogP contribution in [-0.2, 0) is 41.5 Å². The number of carboxylic acids is 1. The molecule has 4 aromatic carbocycles. The molecule has 19 heteroatoms. The average molecular weight is 1330 g/mol. The Morgan fingerprint density at radius 1 is 0.511 bits per heavy atom. The molecule has 0 saturated carbocycles. The smallest absolute Gasteiger partial charge is 0.326 e. The number of carbonyl (C=O) groups is 4. The fourth-order valence-corrected chi connectivity index (χ4v) is 11.7. The van der Waals surface area contributed by atoms with Gasteiger partial charge in [0.05, 0.1) is 32.1 Å². The van der Waals surface area contributed by atoms with Gasteiger partial charge in [-0.1, -0.05) is 27.7 Å². The standard InChI is InChI=1S/C38H50F2N2O4.C20H23F2NO2.C17H28N2O3.ClH/c1-10-46-36(45)21-29(32-19-30(15-27(7)38(32)40)37-25(5)16-31(39)17-26(37)6)20-34(43)33(12-11-23(2)3)42-22-28(13-14-41(8)9)24(4)18-35(42)44;1-5-25-18(24)10-17(23)16-9-14(6-13(4)20(16)22)19-11(2)7-15(21)8-12(19)3;1-12(2)6-7-15(17(21)22)19-11-14(8-9-18(4)5)13(3)10-16(19)20;/h15-19,22-23,29,33H,10-14,20-21H2,1-9H3;6-9,17H,5,10,23H2,1-4H3;10-12,15H,6-9H2,1-5H3,(H,21,22);1H/t29-,33?;17-;;/m00../s1. The van der Waals surface area contributed by atoms with Crippen LogP contribution in [0.5, 0.6) is 0 Å². The number of aromatic nitrogens is 2. The number of rotatable bonds is 28. The van der Waals surface area contributed by atoms with E-state index in [4.69, 9.17) is 15.2 Å². The van der Waals surface area contributed by atoms with E-state index in [1.54, 1.807) is 90.3 Å². The maximum Gasteiger partial charge on any atom is 0.326 e. The SMILES string of the molecule is CCOC(=O)C[C@H](CC(=O)C(CCC(C)C)n1cc(CCN(C)C)c(C)cc1=O)c1cc(-c2c(C)cc(F)cc2C)cc(C)c1F.CCOC(=O)C[C@H](N)c1cc(-c2c(C)cc(F)cc2C)cc(C)c1F.Cc1cc(=O)n(C(CCC(C)C)C(=O)O)cc1CCN(C)C.Cl. The molecule has 0 amide bonds. The van der Waals surface area contributed by atoms with Crippen LogP contribution in [0, 0.1) is 90.5 Å². The third kappa shape index (κ3) is 23.6. The second-order valence-corrected chi connectivity index (χ2v) is 26.1. The van der Waals surface area contributed by atoms with Gasteiger partial charge < -0.3 is 39.2 Å². The van der Waals surface area contributed by atoms with E-state index in [-0.39, 0.29) is 84.5 Å². The number of nitrogens with zero attached hydrogens (tertiary/aromatic N) is 4. The maximum atomic E-state index is 16.0. The maximum absolute atomic E-state index is 16.0. The van der Waals surface area contributed by atoms with Crippen molar-refractivity contribution in [3.63, 3.8) is 0 Å². The van der Waals surface area contributed by atoms with Crippen LogP contribution in [-0.4, -0.2) is 102 Å². The highest BCUT2D eigenvalue weighted by molar-refractivity contribution is 5.86. The molecule has 4 atom stereocenters. The number of aliphatic carboxylic acids is 1. The van der Waals surface area contributed by atoms with Crippen molar-refractivity contribution in [2.24, 2.45) is 17.6 Å². The van der Waals surface area contributed by atoms with Gasteiger partial charge in [-0.2, -0.15) is 0 Å². The Labute approximate surface area is 560 Å². The number of halogens is 5. The summed E-state index contributed by atoms with van der Waals surface area (Å²) in [5.41, 5.74) is 16.6. The van der Waals surface area contributed by atoms with E-state index in [1.807, 2.05) is 55.9 Å². The van der Waals surface area contributed by atoms with Crippen LogP contribution in [0.2, 0.25) is 0 Å². The Hall–Kier alpha value is -7.25. The summed E-state index contributed by atoms with van der Waals surface area (Å²) in [5.74, 6) is -3.90. The lowest BCUT2D eigenvalue weighted by atomic mass is 9.84. The summed E-state index contributed by atoms with van der Waals surface area (Å²) in [5, 5.41) is 9.47. The van der Waals surface area contributed by atoms with Crippen molar-refractivity contribution in [2.75, 3.05) is 54.5 Å². The van der Waals surface area contributed by atoms with E-state index in [0.29, 0.717) is 58.9 Å². The summed E-state index contributed by atoms with van der Waals surface area (Å²) in [6.45, 7) is 28.0. The minimum Gasteiger partial charge on any atom is -0.480 e. The number of hydrogen-bond donors (Lipinski definition) is 2. The Morgan fingerprint density at radius 2 is 0.883 bits per heavy atom. The van der Waals surface area contributed by atoms with Crippen molar-refractivity contribution >= 4 is 36.1 Å². The molecule has 94 heavy (non-hydrogen) atoms. The molecular weight excluding hydrogens is 1230 g/mol. The first-order chi connectivity index (χ1) is 43.6. The first-order valence-corrected chi connectivity index (χ1v) is 32.3. The Balaban J connectivity index is 0.000000404. The molecule has 0 saturated heterocycles. The summed E-state index contributed by atoms with van der Waals surface area (Å²) >= 11 is 0. The van der Waals surface area contributed by atoms with Gasteiger partial charge in [0.25, 0.3) is 11.1 Å². The van der Waals surface area contributed by atoms with Crippen LogP contribution >= 0.6 is 12.4 Å². The van der Waals surface area contributed by atoms with Gasteiger partial charge in [-0.3, -0.25) is 24.0 Å². The van der Waals surface area contributed by atoms with Gasteiger partial charge in [-0.05, 0) is 280 Å². The van der Waals surface area contributed by atoms with Crippen LogP contribution < -0.4 is 16.9 Å². The molecule has 0 fully saturated rings. The minimum atomic E-state index is -0.940. The van der Waals surface area contributed by atoms with E-state index in [9.17, 15) is 47.0 Å². The first kappa shape index (κ1) is 81.0. The zero-order chi connectivity index (χ0) is 69.9. The molecule has 14 nitrogen and oxygen atoms in total. The van der Waals surface area contributed by atoms with Crippen molar-refractivity contribution in [1.29, 1.82) is 0 Å². The molecule has 0 aliphatic rings. The zero-order valence-corrected chi connectivity index (χ0v) is 59.4. The number of carboxylic acid groups (broad SMARTS) is 1. The van der Waals surface area contributed by atoms with E-state index in [1.165, 1.54) is 33.4 Å². The largest absolute Gasteiger partial charge is 0.480 e. The van der Waals surface area contributed by atoms with Crippen LogP contribution in [0.1, 0.15) is 177 Å². The summed E-state index contributed by atoms with van der Waals surface area (Å²) in [4.78, 5) is 80.1. The summed E-state index contributed by atoms with van der Waals surface area (Å²) in [7, 11) is 7.96. The fourth-order valence-electron chi connectivity index (χ4n) is 11.7. The highest BCUT2D eigenvalue weighted by Gasteiger charge is 2.31. The molecule has 516 valence electrons. The summed E-state index contributed by atoms with van der Waals surface area (Å²) < 4.78 is 71.3. The van der Waals surface area contributed by atoms with Gasteiger partial charge >= 0.3 is 17.9 Å². The Bertz CT molecular complexity index is 3650. The number of carbonyl (C=O) groups excluding carboxylic acids is 3. The van der Waals surface area contributed by atoms with Crippen molar-refractivity contribution in [3.05, 3.63) is 184 Å². The quantitative estimate of drug-likeness (QED) is 0.0351. The molecule has 2 heterocycles. The molecule has 6 aromatic rings. The predicted octanol–water partition coefficient (Wildman–Crippen LogP) is 15.1. The van der Waals surface area contributed by atoms with E-state index >= 15 is 4.39 Å². The zero-order valence-electron chi connectivity index (χ0n) is 58.6. The number of hydrogen-bond acceptors (Lipinski definition) is 11. The number of likely N-dealkylation sites (N-methyl/N-ethyl adjacent to an activating group) is 2. The molecule has 0 spiro atoms. The van der Waals surface area contributed by atoms with Gasteiger partial charge in [0.2, 0.25) is 0 Å². The molecule has 0 radical (unpaired) electrons. The van der Waals surface area contributed by atoms with Crippen molar-refractivity contribution in [2.45, 2.75) is 179 Å². The fraction of sp³-hybridized carbons (Fsp3) is 0.493. The van der Waals surface area contributed by atoms with E-state index in [2.05, 4.69) is 37.5 Å². The minimum absolute atomic E-state index is 0. The normalized spacial score (nSPS) is 12.5. The monoisotopic (exact) mass is 1330 g/mol. The van der Waals surface area contributed by atoms with Gasteiger partial charge in [0.15, 0.2) is 5.78 Å². The lowest BCUT2D eigenvalue weighted by molar-refractivity contribution is -0.144. The summed E-state index contributed by atoms with van der Waals surface area (Å²) in [6.07, 6.45) is 7.00.